The standard InChI is InChI=1S/C22H25NO4/c1-2-27-18-11-8-16(9-12-18)10-13-21(24)23-14-19(20(15-23)22(25)26)17-6-4-3-5-7-17/h3-9,11-12,19-20H,2,10,13-15H2,1H3,(H,25,26). The number of ether oxygens (including phenoxy) is 1. The van der Waals surface area contributed by atoms with Crippen LogP contribution in [0, 0.1) is 5.92 Å². The summed E-state index contributed by atoms with van der Waals surface area (Å²) < 4.78 is 5.42. The van der Waals surface area contributed by atoms with E-state index in [0.29, 0.717) is 26.0 Å². The summed E-state index contributed by atoms with van der Waals surface area (Å²) in [6.45, 7) is 3.30. The molecule has 3 rings (SSSR count). The monoisotopic (exact) mass is 367 g/mol. The number of carbonyl (C=O) groups is 2. The quantitative estimate of drug-likeness (QED) is 0.815. The van der Waals surface area contributed by atoms with Gasteiger partial charge in [-0.05, 0) is 36.6 Å². The Labute approximate surface area is 159 Å². The predicted molar refractivity (Wildman–Crippen MR) is 103 cm³/mol. The molecule has 1 heterocycles. The molecule has 0 spiro atoms. The summed E-state index contributed by atoms with van der Waals surface area (Å²) in [6.07, 6.45) is 1.01. The number of nitrogens with zero attached hydrogens (tertiary/aromatic N) is 1. The number of hydrogen-bond acceptors (Lipinski definition) is 3. The summed E-state index contributed by atoms with van der Waals surface area (Å²) in [4.78, 5) is 26.0. The average molecular weight is 367 g/mol. The lowest BCUT2D eigenvalue weighted by molar-refractivity contribution is -0.141. The van der Waals surface area contributed by atoms with Gasteiger partial charge in [0.05, 0.1) is 12.5 Å². The zero-order valence-corrected chi connectivity index (χ0v) is 15.5. The van der Waals surface area contributed by atoms with Crippen molar-refractivity contribution < 1.29 is 19.4 Å². The van der Waals surface area contributed by atoms with Crippen LogP contribution in [0.5, 0.6) is 5.75 Å². The Kier molecular flexibility index (Phi) is 6.12. The Morgan fingerprint density at radius 3 is 2.41 bits per heavy atom. The fourth-order valence-corrected chi connectivity index (χ4v) is 3.62. The number of amides is 1. The van der Waals surface area contributed by atoms with Gasteiger partial charge >= 0.3 is 5.97 Å². The van der Waals surface area contributed by atoms with Crippen LogP contribution in [0.2, 0.25) is 0 Å². The molecule has 1 aliphatic heterocycles. The van der Waals surface area contributed by atoms with E-state index >= 15 is 0 Å². The van der Waals surface area contributed by atoms with Crippen LogP contribution >= 0.6 is 0 Å². The molecule has 0 saturated carbocycles. The molecule has 0 radical (unpaired) electrons. The lowest BCUT2D eigenvalue weighted by Gasteiger charge is -2.16. The number of carboxylic acid groups (broad SMARTS) is 1. The average Bonchev–Trinajstić information content (AvgIpc) is 3.14. The maximum absolute atomic E-state index is 12.6. The fraction of sp³-hybridized carbons (Fsp3) is 0.364. The minimum atomic E-state index is -0.842. The number of carbonyl (C=O) groups excluding carboxylic acids is 1. The van der Waals surface area contributed by atoms with Crippen LogP contribution < -0.4 is 4.74 Å². The zero-order chi connectivity index (χ0) is 19.2. The van der Waals surface area contributed by atoms with Crippen LogP contribution in [0.3, 0.4) is 0 Å². The van der Waals surface area contributed by atoms with Gasteiger partial charge in [-0.1, -0.05) is 42.5 Å². The molecule has 0 aliphatic carbocycles. The van der Waals surface area contributed by atoms with E-state index in [2.05, 4.69) is 0 Å². The normalized spacial score (nSPS) is 19.1. The third-order valence-electron chi connectivity index (χ3n) is 5.08. The van der Waals surface area contributed by atoms with Gasteiger partial charge < -0.3 is 14.7 Å². The number of rotatable bonds is 7. The molecular formula is C22H25NO4. The highest BCUT2D eigenvalue weighted by atomic mass is 16.5. The topological polar surface area (TPSA) is 66.8 Å². The summed E-state index contributed by atoms with van der Waals surface area (Å²) in [5, 5.41) is 9.57. The molecule has 2 unspecified atom stereocenters. The molecule has 1 aliphatic rings. The van der Waals surface area contributed by atoms with Gasteiger partial charge in [-0.3, -0.25) is 9.59 Å². The van der Waals surface area contributed by atoms with E-state index in [1.54, 1.807) is 4.90 Å². The minimum absolute atomic E-state index is 0.00793. The first-order chi connectivity index (χ1) is 13.1. The van der Waals surface area contributed by atoms with Crippen LogP contribution in [-0.2, 0) is 16.0 Å². The predicted octanol–water partition coefficient (Wildman–Crippen LogP) is 3.34. The van der Waals surface area contributed by atoms with E-state index in [1.807, 2.05) is 61.5 Å². The highest BCUT2D eigenvalue weighted by Gasteiger charge is 2.40. The molecule has 1 fully saturated rings. The van der Waals surface area contributed by atoms with Gasteiger partial charge in [-0.15, -0.1) is 0 Å². The minimum Gasteiger partial charge on any atom is -0.494 e. The Bertz CT molecular complexity index is 773. The number of aliphatic carboxylic acids is 1. The molecule has 2 atom stereocenters. The van der Waals surface area contributed by atoms with Crippen molar-refractivity contribution in [2.45, 2.75) is 25.7 Å². The maximum atomic E-state index is 12.6. The summed E-state index contributed by atoms with van der Waals surface area (Å²) in [6, 6.07) is 17.4. The first-order valence-electron chi connectivity index (χ1n) is 9.35. The largest absolute Gasteiger partial charge is 0.494 e. The van der Waals surface area contributed by atoms with E-state index in [4.69, 9.17) is 4.74 Å². The number of benzene rings is 2. The molecule has 2 aromatic rings. The molecular weight excluding hydrogens is 342 g/mol. The Hall–Kier alpha value is -2.82. The van der Waals surface area contributed by atoms with Gasteiger partial charge in [-0.2, -0.15) is 0 Å². The van der Waals surface area contributed by atoms with E-state index in [9.17, 15) is 14.7 Å². The van der Waals surface area contributed by atoms with E-state index in [0.717, 1.165) is 16.9 Å². The smallest absolute Gasteiger partial charge is 0.308 e. The van der Waals surface area contributed by atoms with Crippen molar-refractivity contribution in [1.82, 2.24) is 4.90 Å². The number of aryl methyl sites for hydroxylation is 1. The highest BCUT2D eigenvalue weighted by Crippen LogP contribution is 2.33. The second-order valence-electron chi connectivity index (χ2n) is 6.84. The molecule has 27 heavy (non-hydrogen) atoms. The molecule has 1 saturated heterocycles. The summed E-state index contributed by atoms with van der Waals surface area (Å²) in [5.74, 6) is -0.721. The summed E-state index contributed by atoms with van der Waals surface area (Å²) >= 11 is 0. The van der Waals surface area contributed by atoms with Gasteiger partial charge in [0, 0.05) is 25.4 Å². The van der Waals surface area contributed by atoms with Crippen LogP contribution in [0.1, 0.15) is 30.4 Å². The first kappa shape index (κ1) is 19.0. The summed E-state index contributed by atoms with van der Waals surface area (Å²) in [7, 11) is 0. The SMILES string of the molecule is CCOc1ccc(CCC(=O)N2CC(C(=O)O)C(c3ccccc3)C2)cc1. The van der Waals surface area contributed by atoms with Gasteiger partial charge in [0.1, 0.15) is 5.75 Å². The highest BCUT2D eigenvalue weighted by molar-refractivity contribution is 5.80. The Morgan fingerprint density at radius 1 is 1.07 bits per heavy atom. The van der Waals surface area contributed by atoms with Crippen molar-refractivity contribution in [1.29, 1.82) is 0 Å². The molecule has 142 valence electrons. The van der Waals surface area contributed by atoms with Gasteiger partial charge in [-0.25, -0.2) is 0 Å². The number of hydrogen-bond donors (Lipinski definition) is 1. The van der Waals surface area contributed by atoms with Gasteiger partial charge in [0.15, 0.2) is 0 Å². The third-order valence-corrected chi connectivity index (χ3v) is 5.08. The molecule has 1 amide bonds. The zero-order valence-electron chi connectivity index (χ0n) is 15.5. The van der Waals surface area contributed by atoms with Crippen molar-refractivity contribution in [3.05, 3.63) is 65.7 Å². The Balaban J connectivity index is 1.60. The van der Waals surface area contributed by atoms with Crippen LogP contribution in [0.4, 0.5) is 0 Å². The molecule has 1 N–H and O–H groups in total. The molecule has 0 bridgehead atoms. The van der Waals surface area contributed by atoms with Crippen LogP contribution in [0.15, 0.2) is 54.6 Å². The van der Waals surface area contributed by atoms with Crippen molar-refractivity contribution in [2.75, 3.05) is 19.7 Å². The van der Waals surface area contributed by atoms with Gasteiger partial charge in [0.25, 0.3) is 0 Å². The summed E-state index contributed by atoms with van der Waals surface area (Å²) in [5.41, 5.74) is 2.05. The first-order valence-corrected chi connectivity index (χ1v) is 9.35. The van der Waals surface area contributed by atoms with Crippen molar-refractivity contribution in [3.8, 4) is 5.75 Å². The van der Waals surface area contributed by atoms with E-state index in [1.165, 1.54) is 0 Å². The van der Waals surface area contributed by atoms with E-state index in [-0.39, 0.29) is 18.4 Å². The van der Waals surface area contributed by atoms with Crippen molar-refractivity contribution in [3.63, 3.8) is 0 Å². The van der Waals surface area contributed by atoms with E-state index < -0.39 is 11.9 Å². The second kappa shape index (κ2) is 8.71. The van der Waals surface area contributed by atoms with Crippen molar-refractivity contribution >= 4 is 11.9 Å². The maximum Gasteiger partial charge on any atom is 0.308 e. The lowest BCUT2D eigenvalue weighted by Crippen LogP contribution is -2.30. The Morgan fingerprint density at radius 2 is 1.78 bits per heavy atom. The van der Waals surface area contributed by atoms with Crippen LogP contribution in [-0.4, -0.2) is 41.6 Å². The third kappa shape index (κ3) is 4.67. The number of likely N-dealkylation sites (tertiary alicyclic amines) is 1. The molecule has 5 heteroatoms. The lowest BCUT2D eigenvalue weighted by atomic mass is 9.89. The molecule has 5 nitrogen and oxygen atoms in total. The number of carboxylic acids is 1. The fourth-order valence-electron chi connectivity index (χ4n) is 3.62. The molecule has 2 aromatic carbocycles. The van der Waals surface area contributed by atoms with Crippen molar-refractivity contribution in [2.24, 2.45) is 5.92 Å². The molecule has 0 aromatic heterocycles. The van der Waals surface area contributed by atoms with Crippen LogP contribution in [0.25, 0.3) is 0 Å². The second-order valence-corrected chi connectivity index (χ2v) is 6.84. The van der Waals surface area contributed by atoms with Gasteiger partial charge in [0.2, 0.25) is 5.91 Å².